The van der Waals surface area contributed by atoms with E-state index in [0.717, 1.165) is 13.2 Å². The van der Waals surface area contributed by atoms with Crippen molar-refractivity contribution in [3.63, 3.8) is 0 Å². The first-order chi connectivity index (χ1) is 8.69. The molecule has 0 saturated carbocycles. The summed E-state index contributed by atoms with van der Waals surface area (Å²) < 4.78 is 10.5. The lowest BCUT2D eigenvalue weighted by Gasteiger charge is -2.22. The molecule has 1 atom stereocenters. The lowest BCUT2D eigenvalue weighted by Crippen LogP contribution is -2.37. The van der Waals surface area contributed by atoms with Crippen molar-refractivity contribution in [1.29, 1.82) is 0 Å². The zero-order chi connectivity index (χ0) is 13.4. The SMILES string of the molecule is COCc1ccccc1CNC(COC)C(C)C. The maximum Gasteiger partial charge on any atom is 0.0716 e. The van der Waals surface area contributed by atoms with Crippen LogP contribution in [0.3, 0.4) is 0 Å². The van der Waals surface area contributed by atoms with Gasteiger partial charge in [0.2, 0.25) is 0 Å². The van der Waals surface area contributed by atoms with E-state index in [-0.39, 0.29) is 0 Å². The van der Waals surface area contributed by atoms with Crippen LogP contribution < -0.4 is 5.32 Å². The van der Waals surface area contributed by atoms with Gasteiger partial charge in [-0.3, -0.25) is 0 Å². The number of benzene rings is 1. The van der Waals surface area contributed by atoms with Gasteiger partial charge in [0, 0.05) is 26.8 Å². The second kappa shape index (κ2) is 8.25. The molecule has 0 spiro atoms. The molecule has 0 saturated heterocycles. The van der Waals surface area contributed by atoms with Gasteiger partial charge in [0.25, 0.3) is 0 Å². The van der Waals surface area contributed by atoms with Crippen molar-refractivity contribution in [1.82, 2.24) is 5.32 Å². The molecule has 0 heterocycles. The highest BCUT2D eigenvalue weighted by atomic mass is 16.5. The largest absolute Gasteiger partial charge is 0.383 e. The fourth-order valence-corrected chi connectivity index (χ4v) is 1.93. The van der Waals surface area contributed by atoms with Gasteiger partial charge in [-0.2, -0.15) is 0 Å². The Kier molecular flexibility index (Phi) is 6.94. The summed E-state index contributed by atoms with van der Waals surface area (Å²) in [5, 5.41) is 3.55. The average Bonchev–Trinajstić information content (AvgIpc) is 2.36. The van der Waals surface area contributed by atoms with Gasteiger partial charge in [0.15, 0.2) is 0 Å². The molecular weight excluding hydrogens is 226 g/mol. The van der Waals surface area contributed by atoms with Crippen molar-refractivity contribution in [2.24, 2.45) is 5.92 Å². The van der Waals surface area contributed by atoms with Crippen molar-refractivity contribution >= 4 is 0 Å². The van der Waals surface area contributed by atoms with E-state index >= 15 is 0 Å². The Labute approximate surface area is 110 Å². The third-order valence-corrected chi connectivity index (χ3v) is 3.12. The summed E-state index contributed by atoms with van der Waals surface area (Å²) in [5.41, 5.74) is 2.54. The molecule has 0 aliphatic rings. The molecule has 1 aromatic carbocycles. The van der Waals surface area contributed by atoms with Gasteiger partial charge in [0.05, 0.1) is 13.2 Å². The number of nitrogens with one attached hydrogen (secondary N) is 1. The summed E-state index contributed by atoms with van der Waals surface area (Å²) >= 11 is 0. The standard InChI is InChI=1S/C15H25NO2/c1-12(2)15(11-18-4)16-9-13-7-5-6-8-14(13)10-17-3/h5-8,12,15-16H,9-11H2,1-4H3. The Bertz CT molecular complexity index is 339. The second-order valence-electron chi connectivity index (χ2n) is 4.89. The minimum atomic E-state index is 0.380. The minimum Gasteiger partial charge on any atom is -0.383 e. The van der Waals surface area contributed by atoms with Crippen LogP contribution in [-0.4, -0.2) is 26.9 Å². The minimum absolute atomic E-state index is 0.380. The van der Waals surface area contributed by atoms with E-state index in [1.54, 1.807) is 14.2 Å². The Morgan fingerprint density at radius 3 is 2.28 bits per heavy atom. The van der Waals surface area contributed by atoms with Crippen molar-refractivity contribution in [2.75, 3.05) is 20.8 Å². The third kappa shape index (κ3) is 4.77. The Morgan fingerprint density at radius 2 is 1.72 bits per heavy atom. The van der Waals surface area contributed by atoms with E-state index in [1.165, 1.54) is 11.1 Å². The maximum absolute atomic E-state index is 5.24. The average molecular weight is 251 g/mol. The summed E-state index contributed by atoms with van der Waals surface area (Å²) in [6.45, 7) is 6.67. The van der Waals surface area contributed by atoms with Gasteiger partial charge in [-0.05, 0) is 17.0 Å². The lowest BCUT2D eigenvalue weighted by atomic mass is 10.0. The summed E-state index contributed by atoms with van der Waals surface area (Å²) in [4.78, 5) is 0. The molecule has 0 aliphatic heterocycles. The molecule has 1 unspecified atom stereocenters. The summed E-state index contributed by atoms with van der Waals surface area (Å²) in [5.74, 6) is 0.555. The molecule has 0 amide bonds. The van der Waals surface area contributed by atoms with Crippen molar-refractivity contribution in [3.05, 3.63) is 35.4 Å². The summed E-state index contributed by atoms with van der Waals surface area (Å²) in [6.07, 6.45) is 0. The molecule has 1 rings (SSSR count). The van der Waals surface area contributed by atoms with Crippen LogP contribution >= 0.6 is 0 Å². The number of methoxy groups -OCH3 is 2. The van der Waals surface area contributed by atoms with Crippen LogP contribution in [0.15, 0.2) is 24.3 Å². The van der Waals surface area contributed by atoms with Crippen LogP contribution in [0, 0.1) is 5.92 Å². The molecule has 0 aromatic heterocycles. The van der Waals surface area contributed by atoms with Gasteiger partial charge in [0.1, 0.15) is 0 Å². The Balaban J connectivity index is 2.60. The van der Waals surface area contributed by atoms with E-state index in [4.69, 9.17) is 9.47 Å². The quantitative estimate of drug-likeness (QED) is 0.770. The first-order valence-corrected chi connectivity index (χ1v) is 6.47. The van der Waals surface area contributed by atoms with Crippen molar-refractivity contribution in [2.45, 2.75) is 33.0 Å². The smallest absolute Gasteiger partial charge is 0.0716 e. The number of ether oxygens (including phenoxy) is 2. The van der Waals surface area contributed by atoms with Crippen molar-refractivity contribution < 1.29 is 9.47 Å². The fourth-order valence-electron chi connectivity index (χ4n) is 1.93. The highest BCUT2D eigenvalue weighted by Gasteiger charge is 2.12. The van der Waals surface area contributed by atoms with E-state index in [1.807, 2.05) is 6.07 Å². The topological polar surface area (TPSA) is 30.5 Å². The number of rotatable bonds is 8. The van der Waals surface area contributed by atoms with Gasteiger partial charge in [-0.1, -0.05) is 38.1 Å². The molecule has 0 fully saturated rings. The number of hydrogen-bond acceptors (Lipinski definition) is 3. The molecule has 0 radical (unpaired) electrons. The van der Waals surface area contributed by atoms with Gasteiger partial charge in [-0.15, -0.1) is 0 Å². The Morgan fingerprint density at radius 1 is 1.06 bits per heavy atom. The van der Waals surface area contributed by atoms with Crippen LogP contribution in [-0.2, 0) is 22.6 Å². The second-order valence-corrected chi connectivity index (χ2v) is 4.89. The van der Waals surface area contributed by atoms with Crippen LogP contribution in [0.1, 0.15) is 25.0 Å². The molecule has 1 aromatic rings. The van der Waals surface area contributed by atoms with Crippen LogP contribution in [0.2, 0.25) is 0 Å². The monoisotopic (exact) mass is 251 g/mol. The molecular formula is C15H25NO2. The highest BCUT2D eigenvalue weighted by Crippen LogP contribution is 2.11. The first-order valence-electron chi connectivity index (χ1n) is 6.47. The van der Waals surface area contributed by atoms with Gasteiger partial charge >= 0.3 is 0 Å². The van der Waals surface area contributed by atoms with Crippen LogP contribution in [0.25, 0.3) is 0 Å². The van der Waals surface area contributed by atoms with Crippen molar-refractivity contribution in [3.8, 4) is 0 Å². The molecule has 0 bridgehead atoms. The first kappa shape index (κ1) is 15.2. The third-order valence-electron chi connectivity index (χ3n) is 3.12. The Hall–Kier alpha value is -0.900. The molecule has 1 N–H and O–H groups in total. The predicted octanol–water partition coefficient (Wildman–Crippen LogP) is 2.59. The van der Waals surface area contributed by atoms with Gasteiger partial charge < -0.3 is 14.8 Å². The maximum atomic E-state index is 5.24. The number of hydrogen-bond donors (Lipinski definition) is 1. The predicted molar refractivity (Wildman–Crippen MR) is 74.5 cm³/mol. The van der Waals surface area contributed by atoms with Gasteiger partial charge in [-0.25, -0.2) is 0 Å². The van der Waals surface area contributed by atoms with E-state index < -0.39 is 0 Å². The van der Waals surface area contributed by atoms with E-state index in [0.29, 0.717) is 18.6 Å². The van der Waals surface area contributed by atoms with Crippen LogP contribution in [0.4, 0.5) is 0 Å². The summed E-state index contributed by atoms with van der Waals surface area (Å²) in [7, 11) is 3.47. The molecule has 18 heavy (non-hydrogen) atoms. The zero-order valence-corrected chi connectivity index (χ0v) is 11.9. The molecule has 3 nitrogen and oxygen atoms in total. The molecule has 0 aliphatic carbocycles. The summed E-state index contributed by atoms with van der Waals surface area (Å²) in [6, 6.07) is 8.75. The van der Waals surface area contributed by atoms with E-state index in [2.05, 4.69) is 37.4 Å². The normalized spacial score (nSPS) is 12.9. The fraction of sp³-hybridized carbons (Fsp3) is 0.600. The molecule has 3 heteroatoms. The molecule has 102 valence electrons. The van der Waals surface area contributed by atoms with Crippen LogP contribution in [0.5, 0.6) is 0 Å². The zero-order valence-electron chi connectivity index (χ0n) is 11.9. The van der Waals surface area contributed by atoms with E-state index in [9.17, 15) is 0 Å². The highest BCUT2D eigenvalue weighted by molar-refractivity contribution is 5.26. The lowest BCUT2D eigenvalue weighted by molar-refractivity contribution is 0.146.